The standard InChI is InChI=1S/C13H19F2N5/c14-10-7-11(15)13(17-12(10)18-16)20-5-3-19(4-6-20)8-9-1-2-9/h7,9H,1-6,8,16H2,(H,17,18). The summed E-state index contributed by atoms with van der Waals surface area (Å²) in [6.45, 7) is 4.32. The fourth-order valence-corrected chi connectivity index (χ4v) is 2.59. The lowest BCUT2D eigenvalue weighted by atomic mass is 10.2. The van der Waals surface area contributed by atoms with Crippen LogP contribution in [0.5, 0.6) is 0 Å². The van der Waals surface area contributed by atoms with Crippen molar-refractivity contribution < 1.29 is 8.78 Å². The molecule has 0 unspecified atom stereocenters. The molecule has 2 aliphatic rings. The van der Waals surface area contributed by atoms with E-state index in [0.29, 0.717) is 13.1 Å². The van der Waals surface area contributed by atoms with Crippen LogP contribution in [0.15, 0.2) is 6.07 Å². The van der Waals surface area contributed by atoms with Gasteiger partial charge in [-0.25, -0.2) is 19.6 Å². The zero-order valence-corrected chi connectivity index (χ0v) is 11.3. The molecule has 1 aromatic rings. The van der Waals surface area contributed by atoms with E-state index in [1.54, 1.807) is 0 Å². The summed E-state index contributed by atoms with van der Waals surface area (Å²) in [6, 6.07) is 0.827. The number of hydrazine groups is 1. The minimum atomic E-state index is -0.777. The number of halogens is 2. The Hall–Kier alpha value is -1.47. The van der Waals surface area contributed by atoms with Gasteiger partial charge in [-0.05, 0) is 18.8 Å². The van der Waals surface area contributed by atoms with Crippen LogP contribution in [-0.2, 0) is 0 Å². The van der Waals surface area contributed by atoms with Crippen molar-refractivity contribution in [3.05, 3.63) is 17.7 Å². The first-order chi connectivity index (χ1) is 9.67. The molecule has 0 aromatic carbocycles. The summed E-state index contributed by atoms with van der Waals surface area (Å²) in [4.78, 5) is 8.18. The Labute approximate surface area is 116 Å². The van der Waals surface area contributed by atoms with E-state index in [0.717, 1.165) is 31.6 Å². The second-order valence-corrected chi connectivity index (χ2v) is 5.50. The average molecular weight is 283 g/mol. The molecule has 1 aromatic heterocycles. The average Bonchev–Trinajstić information content (AvgIpc) is 3.24. The number of aromatic nitrogens is 1. The van der Waals surface area contributed by atoms with Gasteiger partial charge in [0.05, 0.1) is 0 Å². The number of nitrogens with two attached hydrogens (primary N) is 1. The maximum atomic E-state index is 13.8. The molecule has 0 amide bonds. The van der Waals surface area contributed by atoms with E-state index >= 15 is 0 Å². The third-order valence-electron chi connectivity index (χ3n) is 3.93. The van der Waals surface area contributed by atoms with Gasteiger partial charge in [-0.3, -0.25) is 4.90 Å². The molecular weight excluding hydrogens is 264 g/mol. The molecule has 7 heteroatoms. The normalized spacial score (nSPS) is 20.2. The van der Waals surface area contributed by atoms with Gasteiger partial charge in [0.15, 0.2) is 23.3 Å². The van der Waals surface area contributed by atoms with Crippen molar-refractivity contribution in [2.24, 2.45) is 11.8 Å². The molecular formula is C13H19F2N5. The van der Waals surface area contributed by atoms with Crippen LogP contribution in [0, 0.1) is 17.6 Å². The van der Waals surface area contributed by atoms with Gasteiger partial charge in [-0.2, -0.15) is 0 Å². The van der Waals surface area contributed by atoms with E-state index in [9.17, 15) is 8.78 Å². The molecule has 0 radical (unpaired) electrons. The molecule has 20 heavy (non-hydrogen) atoms. The lowest BCUT2D eigenvalue weighted by Crippen LogP contribution is -2.47. The van der Waals surface area contributed by atoms with Crippen molar-refractivity contribution in [3.63, 3.8) is 0 Å². The summed E-state index contributed by atoms with van der Waals surface area (Å²) >= 11 is 0. The summed E-state index contributed by atoms with van der Waals surface area (Å²) in [5, 5.41) is 0. The number of nitrogen functional groups attached to an aromatic ring is 1. The Balaban J connectivity index is 1.67. The van der Waals surface area contributed by atoms with E-state index < -0.39 is 11.6 Å². The maximum absolute atomic E-state index is 13.8. The number of pyridine rings is 1. The monoisotopic (exact) mass is 283 g/mol. The second-order valence-electron chi connectivity index (χ2n) is 5.50. The second kappa shape index (κ2) is 5.49. The molecule has 2 fully saturated rings. The fraction of sp³-hybridized carbons (Fsp3) is 0.615. The molecule has 0 bridgehead atoms. The number of hydrogen-bond acceptors (Lipinski definition) is 5. The van der Waals surface area contributed by atoms with Gasteiger partial charge in [-0.15, -0.1) is 0 Å². The zero-order chi connectivity index (χ0) is 14.1. The van der Waals surface area contributed by atoms with Crippen LogP contribution in [-0.4, -0.2) is 42.6 Å². The smallest absolute Gasteiger partial charge is 0.178 e. The van der Waals surface area contributed by atoms with Gasteiger partial charge in [-0.1, -0.05) is 0 Å². The maximum Gasteiger partial charge on any atom is 0.178 e. The highest BCUT2D eigenvalue weighted by Gasteiger charge is 2.27. The van der Waals surface area contributed by atoms with Crippen molar-refractivity contribution in [1.82, 2.24) is 9.88 Å². The number of piperazine rings is 1. The molecule has 3 N–H and O–H groups in total. The summed E-state index contributed by atoms with van der Waals surface area (Å²) < 4.78 is 27.2. The van der Waals surface area contributed by atoms with E-state index in [1.807, 2.05) is 4.90 Å². The van der Waals surface area contributed by atoms with Gasteiger partial charge in [0.25, 0.3) is 0 Å². The van der Waals surface area contributed by atoms with Crippen molar-refractivity contribution in [2.45, 2.75) is 12.8 Å². The van der Waals surface area contributed by atoms with E-state index in [-0.39, 0.29) is 11.6 Å². The van der Waals surface area contributed by atoms with E-state index in [4.69, 9.17) is 5.84 Å². The predicted molar refractivity (Wildman–Crippen MR) is 73.3 cm³/mol. The summed E-state index contributed by atoms with van der Waals surface area (Å²) in [7, 11) is 0. The first-order valence-electron chi connectivity index (χ1n) is 6.97. The Morgan fingerprint density at radius 3 is 2.50 bits per heavy atom. The highest BCUT2D eigenvalue weighted by Crippen LogP contribution is 2.30. The van der Waals surface area contributed by atoms with E-state index in [2.05, 4.69) is 15.3 Å². The summed E-state index contributed by atoms with van der Waals surface area (Å²) in [6.07, 6.45) is 2.67. The molecule has 3 rings (SSSR count). The number of rotatable bonds is 4. The van der Waals surface area contributed by atoms with Gasteiger partial charge in [0.1, 0.15) is 0 Å². The lowest BCUT2D eigenvalue weighted by molar-refractivity contribution is 0.247. The molecule has 5 nitrogen and oxygen atoms in total. The molecule has 110 valence electrons. The Morgan fingerprint density at radius 2 is 1.90 bits per heavy atom. The molecule has 0 spiro atoms. The molecule has 1 aliphatic carbocycles. The van der Waals surface area contributed by atoms with E-state index in [1.165, 1.54) is 12.8 Å². The Morgan fingerprint density at radius 1 is 1.20 bits per heavy atom. The molecule has 1 saturated heterocycles. The van der Waals surface area contributed by atoms with Crippen molar-refractivity contribution >= 4 is 11.6 Å². The number of nitrogens with one attached hydrogen (secondary N) is 1. The number of hydrogen-bond donors (Lipinski definition) is 2. The first-order valence-corrected chi connectivity index (χ1v) is 6.97. The number of anilines is 2. The predicted octanol–water partition coefficient (Wildman–Crippen LogP) is 1.18. The SMILES string of the molecule is NNc1nc(N2CCN(CC3CC3)CC2)c(F)cc1F. The van der Waals surface area contributed by atoms with Crippen LogP contribution < -0.4 is 16.2 Å². The highest BCUT2D eigenvalue weighted by molar-refractivity contribution is 5.49. The van der Waals surface area contributed by atoms with Crippen molar-refractivity contribution in [2.75, 3.05) is 43.0 Å². The molecule has 2 heterocycles. The van der Waals surface area contributed by atoms with Crippen molar-refractivity contribution in [3.8, 4) is 0 Å². The Kier molecular flexibility index (Phi) is 3.71. The molecule has 1 aliphatic heterocycles. The van der Waals surface area contributed by atoms with Crippen LogP contribution in [0.2, 0.25) is 0 Å². The number of nitrogens with zero attached hydrogens (tertiary/aromatic N) is 3. The zero-order valence-electron chi connectivity index (χ0n) is 11.3. The van der Waals surface area contributed by atoms with Crippen LogP contribution in [0.3, 0.4) is 0 Å². The lowest BCUT2D eigenvalue weighted by Gasteiger charge is -2.35. The Bertz CT molecular complexity index is 484. The summed E-state index contributed by atoms with van der Waals surface area (Å²) in [5.74, 6) is 4.67. The van der Waals surface area contributed by atoms with Crippen LogP contribution in [0.4, 0.5) is 20.4 Å². The highest BCUT2D eigenvalue weighted by atomic mass is 19.1. The van der Waals surface area contributed by atoms with Gasteiger partial charge in [0.2, 0.25) is 0 Å². The van der Waals surface area contributed by atoms with Gasteiger partial charge < -0.3 is 10.3 Å². The first kappa shape index (κ1) is 13.5. The fourth-order valence-electron chi connectivity index (χ4n) is 2.59. The van der Waals surface area contributed by atoms with Gasteiger partial charge in [0, 0.05) is 38.8 Å². The van der Waals surface area contributed by atoms with Crippen LogP contribution in [0.25, 0.3) is 0 Å². The molecule has 0 atom stereocenters. The largest absolute Gasteiger partial charge is 0.352 e. The van der Waals surface area contributed by atoms with Crippen LogP contribution >= 0.6 is 0 Å². The topological polar surface area (TPSA) is 57.4 Å². The third-order valence-corrected chi connectivity index (χ3v) is 3.93. The minimum absolute atomic E-state index is 0.123. The van der Waals surface area contributed by atoms with Crippen molar-refractivity contribution in [1.29, 1.82) is 0 Å². The summed E-state index contributed by atoms with van der Waals surface area (Å²) in [5.41, 5.74) is 2.16. The van der Waals surface area contributed by atoms with Gasteiger partial charge >= 0.3 is 0 Å². The van der Waals surface area contributed by atoms with Crippen LogP contribution in [0.1, 0.15) is 12.8 Å². The molecule has 1 saturated carbocycles. The minimum Gasteiger partial charge on any atom is -0.352 e. The quantitative estimate of drug-likeness (QED) is 0.642. The third kappa shape index (κ3) is 2.83.